The second-order valence-corrected chi connectivity index (χ2v) is 9.01. The van der Waals surface area contributed by atoms with Crippen LogP contribution in [-0.4, -0.2) is 28.8 Å². The van der Waals surface area contributed by atoms with Crippen LogP contribution in [0.3, 0.4) is 0 Å². The topological polar surface area (TPSA) is 49.4 Å². The number of rotatable bonds is 11. The lowest BCUT2D eigenvalue weighted by Gasteiger charge is -2.32. The third-order valence-corrected chi connectivity index (χ3v) is 6.39. The molecular weight excluding hydrogens is 443 g/mol. The number of nitrogens with zero attached hydrogens (tertiary/aromatic N) is 1. The molecule has 0 saturated carbocycles. The van der Waals surface area contributed by atoms with Crippen molar-refractivity contribution in [3.63, 3.8) is 0 Å². The first kappa shape index (κ1) is 26.2. The first-order chi connectivity index (χ1) is 15.3. The number of nitrogens with one attached hydrogen (secondary N) is 1. The standard InChI is InChI=1S/C26H34Cl2N2O2/c1-5-18(4)29-26(32)24(7-3)30(17-21-13-14-22(27)16-23(21)28)25(31)15-12-20-10-8-19(6-2)9-11-20/h8-11,13-14,16,18,24H,5-7,12,15,17H2,1-4H3,(H,29,32)/t18-,24-/m1/s1. The van der Waals surface area contributed by atoms with E-state index in [-0.39, 0.29) is 24.4 Å². The molecule has 4 nitrogen and oxygen atoms in total. The highest BCUT2D eigenvalue weighted by Gasteiger charge is 2.29. The number of hydrogen-bond donors (Lipinski definition) is 1. The number of hydrogen-bond acceptors (Lipinski definition) is 2. The van der Waals surface area contributed by atoms with E-state index in [1.165, 1.54) is 5.56 Å². The van der Waals surface area contributed by atoms with Crippen molar-refractivity contribution in [2.75, 3.05) is 0 Å². The molecule has 0 fully saturated rings. The maximum Gasteiger partial charge on any atom is 0.243 e. The van der Waals surface area contributed by atoms with Crippen LogP contribution in [0.2, 0.25) is 10.0 Å². The summed E-state index contributed by atoms with van der Waals surface area (Å²) in [6.07, 6.45) is 3.27. The summed E-state index contributed by atoms with van der Waals surface area (Å²) >= 11 is 12.4. The summed E-state index contributed by atoms with van der Waals surface area (Å²) in [5.41, 5.74) is 3.15. The molecule has 0 spiro atoms. The van der Waals surface area contributed by atoms with E-state index in [1.807, 2.05) is 26.8 Å². The van der Waals surface area contributed by atoms with Gasteiger partial charge in [-0.05, 0) is 61.4 Å². The van der Waals surface area contributed by atoms with Crippen molar-refractivity contribution in [2.45, 2.75) is 78.4 Å². The van der Waals surface area contributed by atoms with Crippen molar-refractivity contribution < 1.29 is 9.59 Å². The molecular formula is C26H34Cl2N2O2. The second-order valence-electron chi connectivity index (χ2n) is 8.17. The van der Waals surface area contributed by atoms with Crippen molar-refractivity contribution in [1.82, 2.24) is 10.2 Å². The maximum atomic E-state index is 13.4. The van der Waals surface area contributed by atoms with E-state index in [0.717, 1.165) is 24.0 Å². The summed E-state index contributed by atoms with van der Waals surface area (Å²) in [6.45, 7) is 8.29. The first-order valence-electron chi connectivity index (χ1n) is 11.4. The molecule has 2 rings (SSSR count). The lowest BCUT2D eigenvalue weighted by Crippen LogP contribution is -2.50. The Labute approximate surface area is 202 Å². The highest BCUT2D eigenvalue weighted by atomic mass is 35.5. The molecule has 0 unspecified atom stereocenters. The van der Waals surface area contributed by atoms with Gasteiger partial charge in [-0.25, -0.2) is 0 Å². The largest absolute Gasteiger partial charge is 0.352 e. The molecule has 1 N–H and O–H groups in total. The molecule has 0 bridgehead atoms. The van der Waals surface area contributed by atoms with Crippen molar-refractivity contribution >= 4 is 35.0 Å². The van der Waals surface area contributed by atoms with Crippen LogP contribution >= 0.6 is 23.2 Å². The van der Waals surface area contributed by atoms with Gasteiger partial charge in [0.2, 0.25) is 11.8 Å². The van der Waals surface area contributed by atoms with Crippen LogP contribution in [0.15, 0.2) is 42.5 Å². The van der Waals surface area contributed by atoms with Crippen molar-refractivity contribution in [2.24, 2.45) is 0 Å². The summed E-state index contributed by atoms with van der Waals surface area (Å²) in [5.74, 6) is -0.200. The number of carbonyl (C=O) groups is 2. The van der Waals surface area contributed by atoms with Gasteiger partial charge < -0.3 is 10.2 Å². The zero-order chi connectivity index (χ0) is 23.7. The minimum atomic E-state index is -0.564. The van der Waals surface area contributed by atoms with E-state index in [1.54, 1.807) is 17.0 Å². The Bertz CT molecular complexity index is 899. The monoisotopic (exact) mass is 476 g/mol. The molecule has 2 aromatic rings. The predicted octanol–water partition coefficient (Wildman–Crippen LogP) is 6.21. The van der Waals surface area contributed by atoms with Gasteiger partial charge in [0.25, 0.3) is 0 Å². The Balaban J connectivity index is 2.23. The molecule has 0 aliphatic heterocycles. The van der Waals surface area contributed by atoms with Crippen LogP contribution < -0.4 is 5.32 Å². The lowest BCUT2D eigenvalue weighted by molar-refractivity contribution is -0.141. The minimum Gasteiger partial charge on any atom is -0.352 e. The van der Waals surface area contributed by atoms with Crippen LogP contribution in [0, 0.1) is 0 Å². The molecule has 174 valence electrons. The quantitative estimate of drug-likeness (QED) is 0.418. The first-order valence-corrected chi connectivity index (χ1v) is 12.2. The number of halogens is 2. The Kier molecular flexibility index (Phi) is 10.5. The van der Waals surface area contributed by atoms with Gasteiger partial charge in [-0.3, -0.25) is 9.59 Å². The minimum absolute atomic E-state index is 0.0460. The normalized spacial score (nSPS) is 12.8. The van der Waals surface area contributed by atoms with Crippen LogP contribution in [-0.2, 0) is 29.0 Å². The van der Waals surface area contributed by atoms with Gasteiger partial charge in [0.15, 0.2) is 0 Å². The SMILES string of the molecule is CCc1ccc(CCC(=O)N(Cc2ccc(Cl)cc2Cl)[C@H](CC)C(=O)N[C@H](C)CC)cc1. The van der Waals surface area contributed by atoms with Gasteiger partial charge in [-0.1, -0.05) is 74.3 Å². The predicted molar refractivity (Wildman–Crippen MR) is 133 cm³/mol. The third-order valence-electron chi connectivity index (χ3n) is 5.80. The molecule has 6 heteroatoms. The smallest absolute Gasteiger partial charge is 0.243 e. The Morgan fingerprint density at radius 2 is 1.62 bits per heavy atom. The van der Waals surface area contributed by atoms with Crippen molar-refractivity contribution in [1.29, 1.82) is 0 Å². The second kappa shape index (κ2) is 12.9. The molecule has 32 heavy (non-hydrogen) atoms. The zero-order valence-electron chi connectivity index (χ0n) is 19.5. The number of amides is 2. The molecule has 0 aliphatic carbocycles. The lowest BCUT2D eigenvalue weighted by atomic mass is 10.0. The highest BCUT2D eigenvalue weighted by Crippen LogP contribution is 2.24. The molecule has 0 saturated heterocycles. The molecule has 0 aliphatic rings. The van der Waals surface area contributed by atoms with Crippen LogP contribution in [0.5, 0.6) is 0 Å². The summed E-state index contributed by atoms with van der Waals surface area (Å²) in [5, 5.41) is 4.05. The highest BCUT2D eigenvalue weighted by molar-refractivity contribution is 6.35. The van der Waals surface area contributed by atoms with E-state index in [0.29, 0.717) is 29.3 Å². The van der Waals surface area contributed by atoms with Gasteiger partial charge in [0.1, 0.15) is 6.04 Å². The molecule has 2 aromatic carbocycles. The fraction of sp³-hybridized carbons (Fsp3) is 0.462. The van der Waals surface area contributed by atoms with E-state index >= 15 is 0 Å². The van der Waals surface area contributed by atoms with Crippen LogP contribution in [0.1, 0.15) is 63.6 Å². The fourth-order valence-electron chi connectivity index (χ4n) is 3.53. The Morgan fingerprint density at radius 1 is 0.969 bits per heavy atom. The Hall–Kier alpha value is -2.04. The maximum absolute atomic E-state index is 13.4. The summed E-state index contributed by atoms with van der Waals surface area (Å²) in [6, 6.07) is 13.0. The fourth-order valence-corrected chi connectivity index (χ4v) is 4.00. The van der Waals surface area contributed by atoms with Crippen LogP contribution in [0.4, 0.5) is 0 Å². The molecule has 0 heterocycles. The van der Waals surface area contributed by atoms with E-state index in [4.69, 9.17) is 23.2 Å². The van der Waals surface area contributed by atoms with E-state index in [9.17, 15) is 9.59 Å². The summed E-state index contributed by atoms with van der Waals surface area (Å²) in [7, 11) is 0. The number of benzene rings is 2. The van der Waals surface area contributed by atoms with Gasteiger partial charge in [0.05, 0.1) is 0 Å². The number of aryl methyl sites for hydroxylation is 2. The van der Waals surface area contributed by atoms with Gasteiger partial charge in [-0.2, -0.15) is 0 Å². The molecule has 0 radical (unpaired) electrons. The van der Waals surface area contributed by atoms with Crippen LogP contribution in [0.25, 0.3) is 0 Å². The van der Waals surface area contributed by atoms with E-state index < -0.39 is 6.04 Å². The van der Waals surface area contributed by atoms with Crippen molar-refractivity contribution in [3.8, 4) is 0 Å². The third kappa shape index (κ3) is 7.53. The average molecular weight is 477 g/mol. The summed E-state index contributed by atoms with van der Waals surface area (Å²) in [4.78, 5) is 28.0. The summed E-state index contributed by atoms with van der Waals surface area (Å²) < 4.78 is 0. The van der Waals surface area contributed by atoms with Gasteiger partial charge >= 0.3 is 0 Å². The molecule has 0 aromatic heterocycles. The van der Waals surface area contributed by atoms with Gasteiger partial charge in [0, 0.05) is 29.1 Å². The van der Waals surface area contributed by atoms with Gasteiger partial charge in [-0.15, -0.1) is 0 Å². The zero-order valence-corrected chi connectivity index (χ0v) is 21.0. The van der Waals surface area contributed by atoms with Crippen molar-refractivity contribution in [3.05, 3.63) is 69.2 Å². The van der Waals surface area contributed by atoms with E-state index in [2.05, 4.69) is 36.5 Å². The molecule has 2 amide bonds. The Morgan fingerprint density at radius 3 is 2.19 bits per heavy atom. The average Bonchev–Trinajstić information content (AvgIpc) is 2.78. The molecule has 2 atom stereocenters. The number of carbonyl (C=O) groups excluding carboxylic acids is 2.